The molecule has 1 heteroatoms. The highest BCUT2D eigenvalue weighted by Crippen LogP contribution is 2.28. The first-order chi connectivity index (χ1) is 7.14. The Labute approximate surface area is 111 Å². The molecule has 16 heavy (non-hydrogen) atoms. The maximum atomic E-state index is 2.41. The fourth-order valence-electron chi connectivity index (χ4n) is 1.56. The molecule has 0 amide bonds. The van der Waals surface area contributed by atoms with E-state index in [2.05, 4.69) is 64.7 Å². The molecule has 0 fully saturated rings. The molecule has 0 heterocycles. The van der Waals surface area contributed by atoms with E-state index in [1.807, 2.05) is 0 Å². The van der Waals surface area contributed by atoms with Crippen molar-refractivity contribution in [2.24, 2.45) is 0 Å². The number of rotatable bonds is 1. The van der Waals surface area contributed by atoms with Gasteiger partial charge in [-0.2, -0.15) is 0 Å². The molecular formula is C15H24I+. The van der Waals surface area contributed by atoms with E-state index in [-0.39, 0.29) is 32.0 Å². The van der Waals surface area contributed by atoms with E-state index in [1.54, 1.807) is 3.57 Å². The first-order valence-electron chi connectivity index (χ1n) is 5.80. The van der Waals surface area contributed by atoms with Crippen LogP contribution in [0.25, 0.3) is 0 Å². The van der Waals surface area contributed by atoms with Crippen molar-refractivity contribution in [2.45, 2.75) is 52.4 Å². The van der Waals surface area contributed by atoms with Crippen molar-refractivity contribution in [1.29, 1.82) is 0 Å². The molecule has 0 aliphatic rings. The van der Waals surface area contributed by atoms with E-state index in [0.29, 0.717) is 0 Å². The highest BCUT2D eigenvalue weighted by Gasteiger charge is 2.22. The third-order valence-corrected chi connectivity index (χ3v) is 4.72. The Balaban J connectivity index is 3.33. The molecule has 0 unspecified atom stereocenters. The topological polar surface area (TPSA) is 0 Å². The highest BCUT2D eigenvalue weighted by atomic mass is 127. The first-order valence-corrected chi connectivity index (χ1v) is 9.04. The summed E-state index contributed by atoms with van der Waals surface area (Å²) in [4.78, 5) is 2.34. The SMILES string of the molecule is C[I+]c1cc(C(C)(C)C)cc(C(C)(C)C)c1. The van der Waals surface area contributed by atoms with Gasteiger partial charge in [-0.15, -0.1) is 0 Å². The molecule has 0 nitrogen and oxygen atoms in total. The van der Waals surface area contributed by atoms with Crippen LogP contribution >= 0.6 is 0 Å². The average Bonchev–Trinajstić information content (AvgIpc) is 2.14. The standard InChI is InChI=1S/C15H24I/c1-14(2,3)11-8-12(15(4,5)6)10-13(9-11)16-7/h8-10H,1-7H3/q+1. The first kappa shape index (κ1) is 14.0. The summed E-state index contributed by atoms with van der Waals surface area (Å²) in [7, 11) is 0. The summed E-state index contributed by atoms with van der Waals surface area (Å²) < 4.78 is 1.57. The molecule has 0 atom stereocenters. The lowest BCUT2D eigenvalue weighted by molar-refractivity contribution is -0.597. The summed E-state index contributed by atoms with van der Waals surface area (Å²) in [5.74, 6) is 0. The zero-order valence-corrected chi connectivity index (χ0v) is 13.8. The van der Waals surface area contributed by atoms with Gasteiger partial charge < -0.3 is 0 Å². The zero-order chi connectivity index (χ0) is 12.6. The molecule has 0 saturated heterocycles. The minimum absolute atomic E-state index is 0.179. The quantitative estimate of drug-likeness (QED) is 0.535. The van der Waals surface area contributed by atoms with Crippen molar-refractivity contribution in [2.75, 3.05) is 4.93 Å². The Bertz CT molecular complexity index is 332. The van der Waals surface area contributed by atoms with Crippen LogP contribution in [0.2, 0.25) is 0 Å². The molecular weight excluding hydrogens is 307 g/mol. The normalized spacial score (nSPS) is 12.9. The molecule has 0 aliphatic heterocycles. The van der Waals surface area contributed by atoms with Crippen LogP contribution in [0.3, 0.4) is 0 Å². The average molecular weight is 331 g/mol. The third-order valence-electron chi connectivity index (χ3n) is 2.85. The van der Waals surface area contributed by atoms with Crippen molar-refractivity contribution in [3.05, 3.63) is 32.9 Å². The number of hydrogen-bond acceptors (Lipinski definition) is 0. The van der Waals surface area contributed by atoms with Crippen molar-refractivity contribution >= 4 is 0 Å². The van der Waals surface area contributed by atoms with E-state index in [4.69, 9.17) is 0 Å². The summed E-state index contributed by atoms with van der Waals surface area (Å²) in [5, 5.41) is 0. The number of alkyl halides is 1. The van der Waals surface area contributed by atoms with Crippen LogP contribution in [-0.2, 0) is 10.8 Å². The van der Waals surface area contributed by atoms with Crippen LogP contribution in [0.4, 0.5) is 0 Å². The number of benzene rings is 1. The monoisotopic (exact) mass is 331 g/mol. The fourth-order valence-corrected chi connectivity index (χ4v) is 2.86. The Morgan fingerprint density at radius 1 is 0.750 bits per heavy atom. The van der Waals surface area contributed by atoms with Gasteiger partial charge in [-0.1, -0.05) is 47.6 Å². The summed E-state index contributed by atoms with van der Waals surface area (Å²) in [6, 6.07) is 7.20. The lowest BCUT2D eigenvalue weighted by atomic mass is 9.81. The van der Waals surface area contributed by atoms with Gasteiger partial charge in [0.25, 0.3) is 0 Å². The van der Waals surface area contributed by atoms with E-state index in [1.165, 1.54) is 11.1 Å². The molecule has 1 aromatic rings. The summed E-state index contributed by atoms with van der Waals surface area (Å²) in [5.41, 5.74) is 3.48. The Morgan fingerprint density at radius 3 is 1.38 bits per heavy atom. The van der Waals surface area contributed by atoms with Crippen molar-refractivity contribution < 1.29 is 21.2 Å². The fraction of sp³-hybridized carbons (Fsp3) is 0.600. The molecule has 0 aliphatic carbocycles. The predicted octanol–water partition coefficient (Wildman–Crippen LogP) is 1.17. The summed E-state index contributed by atoms with van der Waals surface area (Å²) >= 11 is 0.179. The lowest BCUT2D eigenvalue weighted by Crippen LogP contribution is -3.60. The predicted molar refractivity (Wildman–Crippen MR) is 68.5 cm³/mol. The van der Waals surface area contributed by atoms with E-state index in [9.17, 15) is 0 Å². The molecule has 0 spiro atoms. The van der Waals surface area contributed by atoms with Crippen LogP contribution < -0.4 is 21.2 Å². The van der Waals surface area contributed by atoms with Gasteiger partial charge in [0.05, 0.1) is 0 Å². The number of halogens is 1. The van der Waals surface area contributed by atoms with Crippen molar-refractivity contribution in [3.8, 4) is 0 Å². The van der Waals surface area contributed by atoms with Crippen molar-refractivity contribution in [3.63, 3.8) is 0 Å². The number of hydrogen-bond donors (Lipinski definition) is 0. The summed E-state index contributed by atoms with van der Waals surface area (Å²) in [6.07, 6.45) is 0. The molecule has 0 radical (unpaired) electrons. The van der Waals surface area contributed by atoms with Gasteiger partial charge in [-0.25, -0.2) is 0 Å². The van der Waals surface area contributed by atoms with Gasteiger partial charge in [-0.3, -0.25) is 0 Å². The van der Waals surface area contributed by atoms with Crippen LogP contribution in [0.5, 0.6) is 0 Å². The maximum absolute atomic E-state index is 2.41. The minimum Gasteiger partial charge on any atom is -0.0561 e. The highest BCUT2D eigenvalue weighted by molar-refractivity contribution is 5.32. The molecule has 1 aromatic carbocycles. The van der Waals surface area contributed by atoms with Gasteiger partial charge in [0.2, 0.25) is 0 Å². The third kappa shape index (κ3) is 3.47. The molecule has 0 saturated carbocycles. The Morgan fingerprint density at radius 2 is 1.12 bits per heavy atom. The molecule has 1 rings (SSSR count). The molecule has 0 aromatic heterocycles. The van der Waals surface area contributed by atoms with E-state index >= 15 is 0 Å². The minimum atomic E-state index is 0.179. The zero-order valence-electron chi connectivity index (χ0n) is 11.6. The molecule has 0 bridgehead atoms. The molecule has 0 N–H and O–H groups in total. The van der Waals surface area contributed by atoms with Gasteiger partial charge in [0.1, 0.15) is 4.93 Å². The lowest BCUT2D eigenvalue weighted by Gasteiger charge is -2.24. The largest absolute Gasteiger partial charge is 0.309 e. The van der Waals surface area contributed by atoms with Gasteiger partial charge in [0.15, 0.2) is 3.57 Å². The van der Waals surface area contributed by atoms with E-state index < -0.39 is 0 Å². The van der Waals surface area contributed by atoms with Gasteiger partial charge in [-0.05, 0) is 34.1 Å². The second kappa shape index (κ2) is 4.67. The van der Waals surface area contributed by atoms with E-state index in [0.717, 1.165) is 0 Å². The Kier molecular flexibility index (Phi) is 4.09. The van der Waals surface area contributed by atoms with Gasteiger partial charge in [0, 0.05) is 0 Å². The van der Waals surface area contributed by atoms with Crippen LogP contribution in [0, 0.1) is 3.57 Å². The van der Waals surface area contributed by atoms with Crippen LogP contribution in [-0.4, -0.2) is 4.93 Å². The second-order valence-corrected chi connectivity index (χ2v) is 8.74. The Hall–Kier alpha value is -0.0500. The maximum Gasteiger partial charge on any atom is 0.309 e. The van der Waals surface area contributed by atoms with Crippen LogP contribution in [0.15, 0.2) is 18.2 Å². The second-order valence-electron chi connectivity index (χ2n) is 6.42. The van der Waals surface area contributed by atoms with Gasteiger partial charge >= 0.3 is 21.2 Å². The summed E-state index contributed by atoms with van der Waals surface area (Å²) in [6.45, 7) is 13.8. The smallest absolute Gasteiger partial charge is 0.0561 e. The van der Waals surface area contributed by atoms with Crippen molar-refractivity contribution in [1.82, 2.24) is 0 Å². The van der Waals surface area contributed by atoms with Crippen LogP contribution in [0.1, 0.15) is 52.7 Å². The molecule has 90 valence electrons.